The van der Waals surface area contributed by atoms with Gasteiger partial charge in [-0.05, 0) is 35.7 Å². The average molecular weight is 412 g/mol. The van der Waals surface area contributed by atoms with Gasteiger partial charge in [0.2, 0.25) is 5.91 Å². The van der Waals surface area contributed by atoms with Crippen molar-refractivity contribution in [2.75, 3.05) is 31.1 Å². The standard InChI is InChI=1S/C20H21ClF3N3O/c1-14(15-2-4-16(5-3-15)20(22,23)24)12-19(28)27-10-8-26(9-11-27)18-7-6-17(21)13-25-18/h2-7,13-14H,8-12H2,1H3. The first-order valence-corrected chi connectivity index (χ1v) is 9.43. The molecule has 1 aromatic carbocycles. The fourth-order valence-electron chi connectivity index (χ4n) is 3.25. The number of hydrogen-bond donors (Lipinski definition) is 0. The Morgan fingerprint density at radius 2 is 1.75 bits per heavy atom. The van der Waals surface area contributed by atoms with Gasteiger partial charge in [-0.3, -0.25) is 4.79 Å². The van der Waals surface area contributed by atoms with Crippen LogP contribution in [0.2, 0.25) is 5.02 Å². The molecule has 0 aliphatic carbocycles. The molecular formula is C20H21ClF3N3O. The molecule has 1 fully saturated rings. The van der Waals surface area contributed by atoms with Crippen molar-refractivity contribution in [3.63, 3.8) is 0 Å². The number of anilines is 1. The summed E-state index contributed by atoms with van der Waals surface area (Å²) in [6, 6.07) is 8.66. The zero-order valence-electron chi connectivity index (χ0n) is 15.4. The van der Waals surface area contributed by atoms with Crippen molar-refractivity contribution in [2.24, 2.45) is 0 Å². The van der Waals surface area contributed by atoms with Crippen molar-refractivity contribution in [3.05, 3.63) is 58.7 Å². The van der Waals surface area contributed by atoms with Crippen molar-refractivity contribution < 1.29 is 18.0 Å². The van der Waals surface area contributed by atoms with Crippen molar-refractivity contribution in [1.29, 1.82) is 0 Å². The monoisotopic (exact) mass is 411 g/mol. The van der Waals surface area contributed by atoms with E-state index in [4.69, 9.17) is 11.6 Å². The van der Waals surface area contributed by atoms with E-state index in [-0.39, 0.29) is 18.2 Å². The number of amides is 1. The first-order valence-electron chi connectivity index (χ1n) is 9.05. The van der Waals surface area contributed by atoms with Crippen molar-refractivity contribution >= 4 is 23.3 Å². The topological polar surface area (TPSA) is 36.4 Å². The molecule has 150 valence electrons. The molecule has 0 N–H and O–H groups in total. The molecule has 0 bridgehead atoms. The summed E-state index contributed by atoms with van der Waals surface area (Å²) in [7, 11) is 0. The van der Waals surface area contributed by atoms with Gasteiger partial charge in [-0.25, -0.2) is 4.98 Å². The maximum absolute atomic E-state index is 12.7. The molecule has 1 aromatic heterocycles. The van der Waals surface area contributed by atoms with Crippen molar-refractivity contribution in [2.45, 2.75) is 25.4 Å². The fourth-order valence-corrected chi connectivity index (χ4v) is 3.36. The van der Waals surface area contributed by atoms with Crippen LogP contribution in [0.1, 0.15) is 30.4 Å². The highest BCUT2D eigenvalue weighted by Crippen LogP contribution is 2.31. The summed E-state index contributed by atoms with van der Waals surface area (Å²) in [6.45, 7) is 4.38. The summed E-state index contributed by atoms with van der Waals surface area (Å²) in [5.41, 5.74) is 0.0482. The Balaban J connectivity index is 1.53. The van der Waals surface area contributed by atoms with E-state index in [0.717, 1.165) is 23.5 Å². The van der Waals surface area contributed by atoms with E-state index in [2.05, 4.69) is 9.88 Å². The number of alkyl halides is 3. The van der Waals surface area contributed by atoms with Crippen LogP contribution in [-0.4, -0.2) is 42.0 Å². The lowest BCUT2D eigenvalue weighted by Gasteiger charge is -2.36. The van der Waals surface area contributed by atoms with Crippen LogP contribution in [0, 0.1) is 0 Å². The van der Waals surface area contributed by atoms with E-state index in [0.29, 0.717) is 31.2 Å². The summed E-state index contributed by atoms with van der Waals surface area (Å²) in [4.78, 5) is 20.8. The van der Waals surface area contributed by atoms with Gasteiger partial charge in [-0.1, -0.05) is 30.7 Å². The van der Waals surface area contributed by atoms with Gasteiger partial charge >= 0.3 is 6.18 Å². The molecule has 1 unspecified atom stereocenters. The quantitative estimate of drug-likeness (QED) is 0.738. The predicted octanol–water partition coefficient (Wildman–Crippen LogP) is 4.60. The molecule has 1 aliphatic heterocycles. The maximum atomic E-state index is 12.7. The van der Waals surface area contributed by atoms with Crippen LogP contribution >= 0.6 is 11.6 Å². The minimum absolute atomic E-state index is 0.0103. The third-order valence-electron chi connectivity index (χ3n) is 4.96. The molecule has 2 heterocycles. The maximum Gasteiger partial charge on any atom is 0.416 e. The molecule has 4 nitrogen and oxygen atoms in total. The van der Waals surface area contributed by atoms with Crippen LogP contribution in [0.4, 0.5) is 19.0 Å². The normalized spacial score (nSPS) is 16.2. The molecule has 1 saturated heterocycles. The van der Waals surface area contributed by atoms with Gasteiger partial charge < -0.3 is 9.80 Å². The SMILES string of the molecule is CC(CC(=O)N1CCN(c2ccc(Cl)cn2)CC1)c1ccc(C(F)(F)F)cc1. The van der Waals surface area contributed by atoms with Crippen molar-refractivity contribution in [3.8, 4) is 0 Å². The number of piperazine rings is 1. The Bertz CT molecular complexity index is 801. The number of aromatic nitrogens is 1. The van der Waals surface area contributed by atoms with Crippen LogP contribution in [0.5, 0.6) is 0 Å². The van der Waals surface area contributed by atoms with Gasteiger partial charge in [0, 0.05) is 38.8 Å². The lowest BCUT2D eigenvalue weighted by atomic mass is 9.96. The van der Waals surface area contributed by atoms with E-state index in [1.54, 1.807) is 17.2 Å². The van der Waals surface area contributed by atoms with Gasteiger partial charge in [-0.2, -0.15) is 13.2 Å². The Kier molecular flexibility index (Phi) is 6.13. The predicted molar refractivity (Wildman–Crippen MR) is 103 cm³/mol. The molecule has 1 atom stereocenters. The molecule has 28 heavy (non-hydrogen) atoms. The Morgan fingerprint density at radius 1 is 1.11 bits per heavy atom. The van der Waals surface area contributed by atoms with Crippen LogP contribution < -0.4 is 4.90 Å². The van der Waals surface area contributed by atoms with Gasteiger partial charge in [0.05, 0.1) is 10.6 Å². The molecule has 1 amide bonds. The summed E-state index contributed by atoms with van der Waals surface area (Å²) in [6.07, 6.45) is -2.49. The molecule has 0 saturated carbocycles. The summed E-state index contributed by atoms with van der Waals surface area (Å²) in [5.74, 6) is 0.691. The minimum atomic E-state index is -4.35. The van der Waals surface area contributed by atoms with E-state index in [1.165, 1.54) is 12.1 Å². The molecule has 1 aliphatic rings. The second-order valence-electron chi connectivity index (χ2n) is 6.93. The molecular weight excluding hydrogens is 391 g/mol. The number of carbonyl (C=O) groups is 1. The average Bonchev–Trinajstić information content (AvgIpc) is 2.68. The summed E-state index contributed by atoms with van der Waals surface area (Å²) >= 11 is 5.86. The number of halogens is 4. The second kappa shape index (κ2) is 8.39. The highest BCUT2D eigenvalue weighted by Gasteiger charge is 2.30. The molecule has 3 rings (SSSR count). The first kappa shape index (κ1) is 20.5. The lowest BCUT2D eigenvalue weighted by molar-refractivity contribution is -0.137. The zero-order valence-corrected chi connectivity index (χ0v) is 16.2. The second-order valence-corrected chi connectivity index (χ2v) is 7.36. The number of hydrogen-bond acceptors (Lipinski definition) is 3. The van der Waals surface area contributed by atoms with E-state index < -0.39 is 11.7 Å². The van der Waals surface area contributed by atoms with E-state index in [9.17, 15) is 18.0 Å². The number of rotatable bonds is 4. The smallest absolute Gasteiger partial charge is 0.353 e. The number of benzene rings is 1. The number of carbonyl (C=O) groups excluding carboxylic acids is 1. The largest absolute Gasteiger partial charge is 0.416 e. The number of pyridine rings is 1. The van der Waals surface area contributed by atoms with E-state index >= 15 is 0 Å². The van der Waals surface area contributed by atoms with Gasteiger partial charge in [-0.15, -0.1) is 0 Å². The van der Waals surface area contributed by atoms with Gasteiger partial charge in [0.25, 0.3) is 0 Å². The highest BCUT2D eigenvalue weighted by molar-refractivity contribution is 6.30. The summed E-state index contributed by atoms with van der Waals surface area (Å²) in [5, 5.41) is 0.579. The lowest BCUT2D eigenvalue weighted by Crippen LogP contribution is -2.49. The van der Waals surface area contributed by atoms with Gasteiger partial charge in [0.1, 0.15) is 5.82 Å². The molecule has 0 radical (unpaired) electrons. The Morgan fingerprint density at radius 3 is 2.29 bits per heavy atom. The zero-order chi connectivity index (χ0) is 20.3. The van der Waals surface area contributed by atoms with Crippen LogP contribution in [0.3, 0.4) is 0 Å². The highest BCUT2D eigenvalue weighted by atomic mass is 35.5. The fraction of sp³-hybridized carbons (Fsp3) is 0.400. The van der Waals surface area contributed by atoms with Crippen molar-refractivity contribution in [1.82, 2.24) is 9.88 Å². The number of nitrogens with zero attached hydrogens (tertiary/aromatic N) is 3. The first-order chi connectivity index (χ1) is 13.2. The third-order valence-corrected chi connectivity index (χ3v) is 5.18. The van der Waals surface area contributed by atoms with Crippen LogP contribution in [-0.2, 0) is 11.0 Å². The Labute approximate surface area is 166 Å². The molecule has 8 heteroatoms. The van der Waals surface area contributed by atoms with E-state index in [1.807, 2.05) is 13.0 Å². The molecule has 0 spiro atoms. The Hall–Kier alpha value is -2.28. The minimum Gasteiger partial charge on any atom is -0.353 e. The van der Waals surface area contributed by atoms with Crippen LogP contribution in [0.15, 0.2) is 42.6 Å². The van der Waals surface area contributed by atoms with Crippen LogP contribution in [0.25, 0.3) is 0 Å². The van der Waals surface area contributed by atoms with Gasteiger partial charge in [0.15, 0.2) is 0 Å². The molecule has 2 aromatic rings. The third kappa shape index (κ3) is 4.95. The summed E-state index contributed by atoms with van der Waals surface area (Å²) < 4.78 is 38.0.